The van der Waals surface area contributed by atoms with E-state index in [9.17, 15) is 4.79 Å². The second-order valence-electron chi connectivity index (χ2n) is 6.67. The summed E-state index contributed by atoms with van der Waals surface area (Å²) in [6.07, 6.45) is 7.13. The fraction of sp³-hybridized carbons (Fsp3) is 0.0870. The molecule has 0 saturated heterocycles. The second-order valence-corrected chi connectivity index (χ2v) is 6.67. The Kier molecular flexibility index (Phi) is 5.33. The number of benzene rings is 2. The van der Waals surface area contributed by atoms with E-state index >= 15 is 0 Å². The van der Waals surface area contributed by atoms with Gasteiger partial charge >= 0.3 is 0 Å². The van der Waals surface area contributed by atoms with Gasteiger partial charge in [0.25, 0.3) is 0 Å². The summed E-state index contributed by atoms with van der Waals surface area (Å²) in [4.78, 5) is 20.9. The smallest absolute Gasteiger partial charge is 0.247 e. The lowest BCUT2D eigenvalue weighted by Crippen LogP contribution is -2.32. The van der Waals surface area contributed by atoms with Crippen LogP contribution in [0.4, 0.5) is 11.5 Å². The van der Waals surface area contributed by atoms with Crippen LogP contribution in [-0.4, -0.2) is 26.5 Å². The van der Waals surface area contributed by atoms with Crippen molar-refractivity contribution in [3.8, 4) is 16.8 Å². The first-order valence-corrected chi connectivity index (χ1v) is 9.36. The highest BCUT2D eigenvalue weighted by Crippen LogP contribution is 2.19. The Bertz CT molecular complexity index is 1060. The van der Waals surface area contributed by atoms with Gasteiger partial charge in [-0.3, -0.25) is 4.79 Å². The zero-order chi connectivity index (χ0) is 20.1. The summed E-state index contributed by atoms with van der Waals surface area (Å²) in [5.41, 5.74) is 3.97. The SMILES string of the molecule is C[C@@H](Nc1ccc(-n2ccnc2)cc1)C(=O)Nc1ccc(-c2ccccc2)cn1. The molecule has 0 bridgehead atoms. The van der Waals surface area contributed by atoms with Crippen LogP contribution in [-0.2, 0) is 4.79 Å². The van der Waals surface area contributed by atoms with Gasteiger partial charge < -0.3 is 15.2 Å². The molecule has 0 saturated carbocycles. The molecule has 0 aliphatic heterocycles. The highest BCUT2D eigenvalue weighted by molar-refractivity contribution is 5.95. The lowest BCUT2D eigenvalue weighted by Gasteiger charge is -2.15. The summed E-state index contributed by atoms with van der Waals surface area (Å²) in [7, 11) is 0. The third-order valence-corrected chi connectivity index (χ3v) is 4.57. The number of pyridine rings is 1. The van der Waals surface area contributed by atoms with Gasteiger partial charge in [-0.05, 0) is 48.9 Å². The minimum atomic E-state index is -0.412. The van der Waals surface area contributed by atoms with Crippen molar-refractivity contribution >= 4 is 17.4 Å². The number of carbonyl (C=O) groups excluding carboxylic acids is 1. The van der Waals surface area contributed by atoms with Crippen LogP contribution in [0.25, 0.3) is 16.8 Å². The molecule has 0 aliphatic rings. The first-order chi connectivity index (χ1) is 14.2. The highest BCUT2D eigenvalue weighted by Gasteiger charge is 2.13. The Morgan fingerprint density at radius 3 is 2.41 bits per heavy atom. The van der Waals surface area contributed by atoms with E-state index in [1.54, 1.807) is 18.7 Å². The predicted molar refractivity (Wildman–Crippen MR) is 115 cm³/mol. The van der Waals surface area contributed by atoms with E-state index in [0.29, 0.717) is 5.82 Å². The molecule has 4 aromatic rings. The van der Waals surface area contributed by atoms with Gasteiger partial charge in [0.15, 0.2) is 0 Å². The number of imidazole rings is 1. The largest absolute Gasteiger partial charge is 0.374 e. The molecule has 0 radical (unpaired) electrons. The minimum absolute atomic E-state index is 0.149. The maximum Gasteiger partial charge on any atom is 0.247 e. The van der Waals surface area contributed by atoms with E-state index in [0.717, 1.165) is 22.5 Å². The maximum atomic E-state index is 12.5. The van der Waals surface area contributed by atoms with Crippen molar-refractivity contribution < 1.29 is 4.79 Å². The van der Waals surface area contributed by atoms with Crippen LogP contribution in [0.2, 0.25) is 0 Å². The minimum Gasteiger partial charge on any atom is -0.374 e. The number of rotatable bonds is 6. The molecule has 1 atom stereocenters. The van der Waals surface area contributed by atoms with Crippen LogP contribution in [0.1, 0.15) is 6.92 Å². The van der Waals surface area contributed by atoms with Gasteiger partial charge in [0.2, 0.25) is 5.91 Å². The van der Waals surface area contributed by atoms with Crippen LogP contribution in [0.3, 0.4) is 0 Å². The van der Waals surface area contributed by atoms with Crippen molar-refractivity contribution in [2.45, 2.75) is 13.0 Å². The summed E-state index contributed by atoms with van der Waals surface area (Å²) in [6, 6.07) is 21.2. The quantitative estimate of drug-likeness (QED) is 0.518. The summed E-state index contributed by atoms with van der Waals surface area (Å²) < 4.78 is 1.92. The van der Waals surface area contributed by atoms with Crippen molar-refractivity contribution in [1.82, 2.24) is 14.5 Å². The fourth-order valence-electron chi connectivity index (χ4n) is 2.96. The van der Waals surface area contributed by atoms with Gasteiger partial charge in [0.05, 0.1) is 6.33 Å². The Morgan fingerprint density at radius 1 is 0.966 bits per heavy atom. The molecule has 0 unspecified atom stereocenters. The first-order valence-electron chi connectivity index (χ1n) is 9.36. The van der Waals surface area contributed by atoms with E-state index in [2.05, 4.69) is 20.6 Å². The van der Waals surface area contributed by atoms with Crippen molar-refractivity contribution in [3.05, 3.63) is 91.6 Å². The van der Waals surface area contributed by atoms with E-state index in [1.807, 2.05) is 84.4 Å². The van der Waals surface area contributed by atoms with Crippen LogP contribution < -0.4 is 10.6 Å². The van der Waals surface area contributed by atoms with Gasteiger partial charge in [0, 0.05) is 35.5 Å². The molecule has 2 N–H and O–H groups in total. The first kappa shape index (κ1) is 18.4. The molecule has 2 aromatic heterocycles. The van der Waals surface area contributed by atoms with Crippen LogP contribution in [0.15, 0.2) is 91.6 Å². The van der Waals surface area contributed by atoms with Gasteiger partial charge in [-0.2, -0.15) is 0 Å². The van der Waals surface area contributed by atoms with E-state index in [-0.39, 0.29) is 5.91 Å². The standard InChI is InChI=1S/C23H21N5O/c1-17(26-20-8-10-21(11-9-20)28-14-13-24-16-28)23(29)27-22-12-7-19(15-25-22)18-5-3-2-4-6-18/h2-17,26H,1H3,(H,25,27,29)/t17-/m1/s1. The Hall–Kier alpha value is -3.93. The Morgan fingerprint density at radius 2 is 1.76 bits per heavy atom. The van der Waals surface area contributed by atoms with Crippen molar-refractivity contribution in [1.29, 1.82) is 0 Å². The van der Waals surface area contributed by atoms with Crippen LogP contribution in [0, 0.1) is 0 Å². The number of hydrogen-bond donors (Lipinski definition) is 2. The molecule has 2 aromatic carbocycles. The zero-order valence-corrected chi connectivity index (χ0v) is 16.0. The number of nitrogens with one attached hydrogen (secondary N) is 2. The summed E-state index contributed by atoms with van der Waals surface area (Å²) >= 11 is 0. The second kappa shape index (κ2) is 8.39. The molecule has 6 nitrogen and oxygen atoms in total. The molecular weight excluding hydrogens is 362 g/mol. The molecule has 29 heavy (non-hydrogen) atoms. The number of anilines is 2. The average molecular weight is 383 g/mol. The van der Waals surface area contributed by atoms with Gasteiger partial charge in [-0.25, -0.2) is 9.97 Å². The molecule has 144 valence electrons. The summed E-state index contributed by atoms with van der Waals surface area (Å²) in [6.45, 7) is 1.82. The molecule has 1 amide bonds. The molecule has 0 aliphatic carbocycles. The van der Waals surface area contributed by atoms with E-state index in [4.69, 9.17) is 0 Å². The van der Waals surface area contributed by atoms with Crippen molar-refractivity contribution in [3.63, 3.8) is 0 Å². The highest BCUT2D eigenvalue weighted by atomic mass is 16.2. The summed E-state index contributed by atoms with van der Waals surface area (Å²) in [5, 5.41) is 6.06. The average Bonchev–Trinajstić information content (AvgIpc) is 3.30. The summed E-state index contributed by atoms with van der Waals surface area (Å²) in [5.74, 6) is 0.377. The topological polar surface area (TPSA) is 71.8 Å². The monoisotopic (exact) mass is 383 g/mol. The van der Waals surface area contributed by atoms with Crippen molar-refractivity contribution in [2.24, 2.45) is 0 Å². The van der Waals surface area contributed by atoms with Crippen LogP contribution in [0.5, 0.6) is 0 Å². The molecule has 4 rings (SSSR count). The van der Waals surface area contributed by atoms with Crippen LogP contribution >= 0.6 is 0 Å². The van der Waals surface area contributed by atoms with Gasteiger partial charge in [0.1, 0.15) is 11.9 Å². The normalized spacial score (nSPS) is 11.6. The number of hydrogen-bond acceptors (Lipinski definition) is 4. The third-order valence-electron chi connectivity index (χ3n) is 4.57. The third kappa shape index (κ3) is 4.50. The number of aromatic nitrogens is 3. The Balaban J connectivity index is 1.36. The zero-order valence-electron chi connectivity index (χ0n) is 16.0. The molecule has 0 spiro atoms. The Labute approximate surface area is 169 Å². The predicted octanol–water partition coefficient (Wildman–Crippen LogP) is 4.37. The van der Waals surface area contributed by atoms with Gasteiger partial charge in [-0.1, -0.05) is 30.3 Å². The van der Waals surface area contributed by atoms with E-state index < -0.39 is 6.04 Å². The maximum absolute atomic E-state index is 12.5. The molecule has 2 heterocycles. The van der Waals surface area contributed by atoms with Gasteiger partial charge in [-0.15, -0.1) is 0 Å². The molecular formula is C23H21N5O. The number of amides is 1. The van der Waals surface area contributed by atoms with E-state index in [1.165, 1.54) is 0 Å². The molecule has 6 heteroatoms. The number of nitrogens with zero attached hydrogens (tertiary/aromatic N) is 3. The lowest BCUT2D eigenvalue weighted by molar-refractivity contribution is -0.116. The fourth-order valence-corrected chi connectivity index (χ4v) is 2.96. The van der Waals surface area contributed by atoms with Crippen molar-refractivity contribution in [2.75, 3.05) is 10.6 Å². The lowest BCUT2D eigenvalue weighted by atomic mass is 10.1. The molecule has 0 fully saturated rings. The number of carbonyl (C=O) groups is 1.